The molecule has 8 heteroatoms. The van der Waals surface area contributed by atoms with Gasteiger partial charge in [-0.1, -0.05) is 30.7 Å². The van der Waals surface area contributed by atoms with E-state index in [0.29, 0.717) is 5.11 Å². The summed E-state index contributed by atoms with van der Waals surface area (Å²) in [5, 5.41) is 5.01. The molecule has 2 unspecified atom stereocenters. The maximum Gasteiger partial charge on any atom is 0.174 e. The second-order valence-corrected chi connectivity index (χ2v) is 11.9. The minimum Gasteiger partial charge on any atom is -0.370 e. The zero-order valence-electron chi connectivity index (χ0n) is 23.4. The molecule has 206 valence electrons. The van der Waals surface area contributed by atoms with Gasteiger partial charge in [0.25, 0.3) is 0 Å². The molecule has 0 saturated carbocycles. The van der Waals surface area contributed by atoms with Gasteiger partial charge >= 0.3 is 0 Å². The van der Waals surface area contributed by atoms with Crippen LogP contribution in [0.5, 0.6) is 0 Å². The molecule has 2 aliphatic heterocycles. The van der Waals surface area contributed by atoms with E-state index in [1.54, 1.807) is 0 Å². The molecular formula is C32H35ClN6S. The Kier molecular flexibility index (Phi) is 7.27. The van der Waals surface area contributed by atoms with Crippen molar-refractivity contribution >= 4 is 40.3 Å². The lowest BCUT2D eigenvalue weighted by molar-refractivity contribution is 0.438. The number of anilines is 2. The Hall–Kier alpha value is -3.42. The van der Waals surface area contributed by atoms with Crippen LogP contribution in [-0.4, -0.2) is 32.7 Å². The number of thiocarbonyl (C=S) groups is 1. The highest BCUT2D eigenvalue weighted by Gasteiger charge is 2.42. The Balaban J connectivity index is 1.45. The lowest BCUT2D eigenvalue weighted by atomic mass is 9.96. The number of benzene rings is 1. The Labute approximate surface area is 247 Å². The van der Waals surface area contributed by atoms with Crippen LogP contribution in [0.2, 0.25) is 5.02 Å². The first-order valence-electron chi connectivity index (χ1n) is 14.0. The van der Waals surface area contributed by atoms with Crippen LogP contribution < -0.4 is 15.1 Å². The molecule has 0 aliphatic carbocycles. The van der Waals surface area contributed by atoms with Gasteiger partial charge in [-0.15, -0.1) is 0 Å². The lowest BCUT2D eigenvalue weighted by Crippen LogP contribution is -2.33. The van der Waals surface area contributed by atoms with Crippen molar-refractivity contribution in [3.8, 4) is 5.82 Å². The maximum absolute atomic E-state index is 6.97. The van der Waals surface area contributed by atoms with Crippen LogP contribution in [0.1, 0.15) is 60.1 Å². The first-order chi connectivity index (χ1) is 19.3. The molecule has 40 heavy (non-hydrogen) atoms. The van der Waals surface area contributed by atoms with Crippen molar-refractivity contribution in [3.63, 3.8) is 0 Å². The van der Waals surface area contributed by atoms with E-state index in [4.69, 9.17) is 33.8 Å². The van der Waals surface area contributed by atoms with Gasteiger partial charge in [-0.3, -0.25) is 4.98 Å². The van der Waals surface area contributed by atoms with Crippen LogP contribution >= 0.6 is 23.8 Å². The molecule has 6 rings (SSSR count). The first kappa shape index (κ1) is 26.8. The highest BCUT2D eigenvalue weighted by atomic mass is 35.5. The second-order valence-electron chi connectivity index (χ2n) is 11.1. The van der Waals surface area contributed by atoms with Crippen molar-refractivity contribution in [2.75, 3.05) is 22.9 Å². The van der Waals surface area contributed by atoms with E-state index in [0.717, 1.165) is 63.9 Å². The number of hydrogen-bond donors (Lipinski definition) is 1. The standard InChI is InChI=1S/C32H35ClN6S/c1-20-12-16-37(17-13-20)28-11-10-24(19-26(28)33)39-30(29(36-32(39)40)27-9-5-6-14-34-27)25-18-22(3)38(23(25)4)31-21(2)8-7-15-35-31/h5-11,14-15,18-20,29-30H,12-13,16-17H2,1-4H3,(H,36,40). The number of aromatic nitrogens is 3. The molecule has 0 spiro atoms. The Morgan fingerprint density at radius 3 is 2.42 bits per heavy atom. The molecule has 3 aromatic heterocycles. The van der Waals surface area contributed by atoms with Crippen molar-refractivity contribution in [3.05, 3.63) is 100 Å². The van der Waals surface area contributed by atoms with Gasteiger partial charge in [-0.25, -0.2) is 4.98 Å². The van der Waals surface area contributed by atoms with Gasteiger partial charge in [0.15, 0.2) is 5.11 Å². The fourth-order valence-electron chi connectivity index (χ4n) is 6.23. The van der Waals surface area contributed by atoms with Gasteiger partial charge in [0.05, 0.1) is 28.5 Å². The highest BCUT2D eigenvalue weighted by Crippen LogP contribution is 2.45. The Morgan fingerprint density at radius 1 is 0.950 bits per heavy atom. The average molecular weight is 571 g/mol. The van der Waals surface area contributed by atoms with E-state index in [-0.39, 0.29) is 12.1 Å². The summed E-state index contributed by atoms with van der Waals surface area (Å²) in [6.07, 6.45) is 6.07. The van der Waals surface area contributed by atoms with Gasteiger partial charge in [0, 0.05) is 42.6 Å². The van der Waals surface area contributed by atoms with Crippen molar-refractivity contribution in [1.82, 2.24) is 19.9 Å². The van der Waals surface area contributed by atoms with Gasteiger partial charge in [0.2, 0.25) is 0 Å². The summed E-state index contributed by atoms with van der Waals surface area (Å²) in [7, 11) is 0. The molecule has 0 bridgehead atoms. The fraction of sp³-hybridized carbons (Fsp3) is 0.344. The van der Waals surface area contributed by atoms with Crippen molar-refractivity contribution in [1.29, 1.82) is 0 Å². The summed E-state index contributed by atoms with van der Waals surface area (Å²) >= 11 is 13.0. The quantitative estimate of drug-likeness (QED) is 0.255. The van der Waals surface area contributed by atoms with Crippen LogP contribution in [0, 0.1) is 26.7 Å². The van der Waals surface area contributed by atoms with Gasteiger partial charge < -0.3 is 19.7 Å². The molecule has 2 fully saturated rings. The molecule has 0 amide bonds. The smallest absolute Gasteiger partial charge is 0.174 e. The minimum atomic E-state index is -0.130. The third-order valence-electron chi connectivity index (χ3n) is 8.41. The molecule has 5 heterocycles. The van der Waals surface area contributed by atoms with Crippen LogP contribution in [0.15, 0.2) is 67.0 Å². The fourth-order valence-corrected chi connectivity index (χ4v) is 6.87. The average Bonchev–Trinajstić information content (AvgIpc) is 3.45. The van der Waals surface area contributed by atoms with E-state index in [9.17, 15) is 0 Å². The molecular weight excluding hydrogens is 536 g/mol. The minimum absolute atomic E-state index is 0.121. The van der Waals surface area contributed by atoms with E-state index >= 15 is 0 Å². The van der Waals surface area contributed by atoms with Gasteiger partial charge in [0.1, 0.15) is 5.82 Å². The number of halogens is 1. The normalized spacial score (nSPS) is 19.8. The molecule has 1 aromatic carbocycles. The Morgan fingerprint density at radius 2 is 1.73 bits per heavy atom. The van der Waals surface area contributed by atoms with Crippen LogP contribution in [-0.2, 0) is 0 Å². The number of pyridine rings is 2. The number of aryl methyl sites for hydroxylation is 2. The number of piperidine rings is 1. The third kappa shape index (κ3) is 4.75. The molecule has 2 atom stereocenters. The summed E-state index contributed by atoms with van der Waals surface area (Å²) in [6, 6.07) is 18.5. The monoisotopic (exact) mass is 570 g/mol. The molecule has 2 aliphatic rings. The maximum atomic E-state index is 6.97. The predicted molar refractivity (Wildman–Crippen MR) is 168 cm³/mol. The molecule has 6 nitrogen and oxygen atoms in total. The van der Waals surface area contributed by atoms with Crippen molar-refractivity contribution in [2.24, 2.45) is 5.92 Å². The summed E-state index contributed by atoms with van der Waals surface area (Å²) in [5.74, 6) is 1.71. The number of nitrogens with one attached hydrogen (secondary N) is 1. The molecule has 2 saturated heterocycles. The predicted octanol–water partition coefficient (Wildman–Crippen LogP) is 7.26. The zero-order valence-corrected chi connectivity index (χ0v) is 25.0. The third-order valence-corrected chi connectivity index (χ3v) is 9.03. The topological polar surface area (TPSA) is 49.2 Å². The van der Waals surface area contributed by atoms with E-state index in [2.05, 4.69) is 83.8 Å². The van der Waals surface area contributed by atoms with Crippen LogP contribution in [0.25, 0.3) is 5.82 Å². The summed E-state index contributed by atoms with van der Waals surface area (Å²) in [4.78, 5) is 14.1. The zero-order chi connectivity index (χ0) is 28.0. The van der Waals surface area contributed by atoms with E-state index in [1.807, 2.05) is 30.6 Å². The number of hydrogen-bond acceptors (Lipinski definition) is 4. The van der Waals surface area contributed by atoms with E-state index in [1.165, 1.54) is 18.4 Å². The van der Waals surface area contributed by atoms with E-state index < -0.39 is 0 Å². The van der Waals surface area contributed by atoms with Crippen molar-refractivity contribution < 1.29 is 0 Å². The summed E-state index contributed by atoms with van der Waals surface area (Å²) in [6.45, 7) is 10.8. The Bertz CT molecular complexity index is 1540. The van der Waals surface area contributed by atoms with Gasteiger partial charge in [-0.05, 0) is 105 Å². The molecule has 1 N–H and O–H groups in total. The molecule has 0 radical (unpaired) electrons. The largest absolute Gasteiger partial charge is 0.370 e. The van der Waals surface area contributed by atoms with Crippen LogP contribution in [0.4, 0.5) is 11.4 Å². The second kappa shape index (κ2) is 10.9. The SMILES string of the molecule is Cc1cccnc1-n1c(C)cc(C2C(c3ccccn3)NC(=S)N2c2ccc(N3CCC(C)CC3)c(Cl)c2)c1C. The first-order valence-corrected chi connectivity index (χ1v) is 14.8. The highest BCUT2D eigenvalue weighted by molar-refractivity contribution is 7.80. The molecule has 4 aromatic rings. The number of rotatable bonds is 5. The van der Waals surface area contributed by atoms with Gasteiger partial charge in [-0.2, -0.15) is 0 Å². The number of nitrogens with zero attached hydrogens (tertiary/aromatic N) is 5. The van der Waals surface area contributed by atoms with Crippen molar-refractivity contribution in [2.45, 2.75) is 52.6 Å². The van der Waals surface area contributed by atoms with Crippen LogP contribution in [0.3, 0.4) is 0 Å². The summed E-state index contributed by atoms with van der Waals surface area (Å²) < 4.78 is 2.24. The summed E-state index contributed by atoms with van der Waals surface area (Å²) in [5.41, 5.74) is 7.57. The lowest BCUT2D eigenvalue weighted by Gasteiger charge is -2.33.